The fraction of sp³-hybridized carbons (Fsp3) is 0.667. The minimum atomic E-state index is -0.737. The molecule has 0 aromatic carbocycles. The summed E-state index contributed by atoms with van der Waals surface area (Å²) in [6.07, 6.45) is -0.737. The van der Waals surface area contributed by atoms with Gasteiger partial charge in [0, 0.05) is 0 Å². The van der Waals surface area contributed by atoms with E-state index in [4.69, 9.17) is 5.11 Å². The van der Waals surface area contributed by atoms with Crippen molar-refractivity contribution in [3.05, 3.63) is 0 Å². The average Bonchev–Trinajstić information content (AvgIpc) is 1.83. The van der Waals surface area contributed by atoms with Crippen LogP contribution in [-0.4, -0.2) is 24.4 Å². The van der Waals surface area contributed by atoms with Crippen LogP contribution in [0.3, 0.4) is 0 Å². The minimum absolute atomic E-state index is 0.0248. The Morgan fingerprint density at radius 1 is 1.88 bits per heavy atom. The van der Waals surface area contributed by atoms with Gasteiger partial charge in [0.1, 0.15) is 6.61 Å². The Hall–Kier alpha value is -0.810. The van der Waals surface area contributed by atoms with Crippen molar-refractivity contribution in [2.75, 3.05) is 13.2 Å². The molecule has 0 aromatic rings. The number of rotatable bonds is 2. The van der Waals surface area contributed by atoms with Crippen LogP contribution < -0.4 is 11.3 Å². The molecule has 0 saturated carbocycles. The van der Waals surface area contributed by atoms with Crippen LogP contribution in [0.1, 0.15) is 0 Å². The standard InChI is InChI=1S/C3H8N2O3/c4-5-3(7)8-2-1-6/h6H,1-2,4H2,(H,5,7). The van der Waals surface area contributed by atoms with E-state index in [0.717, 1.165) is 0 Å². The number of nitrogens with two attached hydrogens (primary N) is 1. The molecular weight excluding hydrogens is 112 g/mol. The maximum atomic E-state index is 10.0. The van der Waals surface area contributed by atoms with Gasteiger partial charge in [-0.3, -0.25) is 5.43 Å². The van der Waals surface area contributed by atoms with Gasteiger partial charge in [0.2, 0.25) is 0 Å². The third-order valence-corrected chi connectivity index (χ3v) is 0.442. The first-order valence-corrected chi connectivity index (χ1v) is 2.05. The van der Waals surface area contributed by atoms with E-state index in [-0.39, 0.29) is 13.2 Å². The van der Waals surface area contributed by atoms with Crippen LogP contribution in [0.25, 0.3) is 0 Å². The van der Waals surface area contributed by atoms with Gasteiger partial charge < -0.3 is 9.84 Å². The lowest BCUT2D eigenvalue weighted by Crippen LogP contribution is -2.31. The van der Waals surface area contributed by atoms with Crippen molar-refractivity contribution in [3.8, 4) is 0 Å². The second-order valence-electron chi connectivity index (χ2n) is 1.00. The Morgan fingerprint density at radius 3 is 2.88 bits per heavy atom. The summed E-state index contributed by atoms with van der Waals surface area (Å²) in [6.45, 7) is -0.212. The van der Waals surface area contributed by atoms with E-state index in [9.17, 15) is 4.79 Å². The van der Waals surface area contributed by atoms with Gasteiger partial charge in [0.05, 0.1) is 6.61 Å². The van der Waals surface area contributed by atoms with Gasteiger partial charge >= 0.3 is 6.09 Å². The Morgan fingerprint density at radius 2 is 2.50 bits per heavy atom. The molecule has 0 fully saturated rings. The molecule has 0 unspecified atom stereocenters. The van der Waals surface area contributed by atoms with Crippen LogP contribution in [0.4, 0.5) is 4.79 Å². The third-order valence-electron chi connectivity index (χ3n) is 0.442. The molecule has 0 aliphatic rings. The predicted molar refractivity (Wildman–Crippen MR) is 25.8 cm³/mol. The Labute approximate surface area is 46.4 Å². The van der Waals surface area contributed by atoms with Gasteiger partial charge in [-0.1, -0.05) is 0 Å². The summed E-state index contributed by atoms with van der Waals surface area (Å²) in [7, 11) is 0. The van der Waals surface area contributed by atoms with Gasteiger partial charge in [-0.2, -0.15) is 0 Å². The zero-order valence-corrected chi connectivity index (χ0v) is 4.26. The smallest absolute Gasteiger partial charge is 0.421 e. The number of hydrogen-bond acceptors (Lipinski definition) is 4. The molecule has 0 spiro atoms. The molecule has 0 saturated heterocycles. The van der Waals surface area contributed by atoms with Gasteiger partial charge in [0.15, 0.2) is 0 Å². The summed E-state index contributed by atoms with van der Waals surface area (Å²) in [5, 5.41) is 8.06. The van der Waals surface area contributed by atoms with E-state index in [0.29, 0.717) is 0 Å². The summed E-state index contributed by atoms with van der Waals surface area (Å²) in [4.78, 5) is 10.0. The molecule has 8 heavy (non-hydrogen) atoms. The van der Waals surface area contributed by atoms with E-state index >= 15 is 0 Å². The van der Waals surface area contributed by atoms with E-state index < -0.39 is 6.09 Å². The fourth-order valence-electron chi connectivity index (χ4n) is 0.180. The Balaban J connectivity index is 2.99. The monoisotopic (exact) mass is 120 g/mol. The molecule has 1 amide bonds. The number of amides is 1. The second-order valence-corrected chi connectivity index (χ2v) is 1.00. The van der Waals surface area contributed by atoms with E-state index in [2.05, 4.69) is 10.6 Å². The first-order chi connectivity index (χ1) is 3.81. The summed E-state index contributed by atoms with van der Waals surface area (Å²) < 4.78 is 4.22. The molecule has 0 atom stereocenters. The molecule has 0 heterocycles. The first-order valence-electron chi connectivity index (χ1n) is 2.05. The summed E-state index contributed by atoms with van der Waals surface area (Å²) >= 11 is 0. The molecule has 0 aliphatic heterocycles. The van der Waals surface area contributed by atoms with E-state index in [1.54, 1.807) is 5.43 Å². The molecule has 0 aliphatic carbocycles. The quantitative estimate of drug-likeness (QED) is 0.237. The molecule has 4 N–H and O–H groups in total. The van der Waals surface area contributed by atoms with Crippen molar-refractivity contribution >= 4 is 6.09 Å². The van der Waals surface area contributed by atoms with E-state index in [1.165, 1.54) is 0 Å². The molecule has 5 nitrogen and oxygen atoms in total. The van der Waals surface area contributed by atoms with Crippen LogP contribution >= 0.6 is 0 Å². The number of carbonyl (C=O) groups excluding carboxylic acids is 1. The van der Waals surface area contributed by atoms with Gasteiger partial charge in [-0.05, 0) is 0 Å². The summed E-state index contributed by atoms with van der Waals surface area (Å²) in [5.74, 6) is 4.61. The molecule has 0 rings (SSSR count). The number of nitrogens with one attached hydrogen (secondary N) is 1. The lowest BCUT2D eigenvalue weighted by atomic mass is 10.8. The van der Waals surface area contributed by atoms with Gasteiger partial charge in [0.25, 0.3) is 0 Å². The van der Waals surface area contributed by atoms with Crippen LogP contribution in [0.5, 0.6) is 0 Å². The van der Waals surface area contributed by atoms with Crippen LogP contribution in [0.15, 0.2) is 0 Å². The minimum Gasteiger partial charge on any atom is -0.446 e. The average molecular weight is 120 g/mol. The van der Waals surface area contributed by atoms with Crippen molar-refractivity contribution in [2.24, 2.45) is 5.84 Å². The summed E-state index contributed by atoms with van der Waals surface area (Å²) in [6, 6.07) is 0. The SMILES string of the molecule is NNC(=O)OCCO. The highest BCUT2D eigenvalue weighted by molar-refractivity contribution is 5.66. The molecular formula is C3H8N2O3. The number of aliphatic hydroxyl groups is 1. The van der Waals surface area contributed by atoms with Gasteiger partial charge in [-0.15, -0.1) is 0 Å². The van der Waals surface area contributed by atoms with Gasteiger partial charge in [-0.25, -0.2) is 10.6 Å². The topological polar surface area (TPSA) is 84.6 Å². The maximum absolute atomic E-state index is 10.0. The molecule has 0 bridgehead atoms. The van der Waals surface area contributed by atoms with Crippen LogP contribution in [0, 0.1) is 0 Å². The molecule has 5 heteroatoms. The summed E-state index contributed by atoms with van der Waals surface area (Å²) in [5.41, 5.74) is 1.73. The Kier molecular flexibility index (Phi) is 3.91. The number of aliphatic hydroxyl groups excluding tert-OH is 1. The van der Waals surface area contributed by atoms with Crippen molar-refractivity contribution < 1.29 is 14.6 Å². The number of carbonyl (C=O) groups is 1. The number of ether oxygens (including phenoxy) is 1. The van der Waals surface area contributed by atoms with Crippen molar-refractivity contribution in [2.45, 2.75) is 0 Å². The van der Waals surface area contributed by atoms with Crippen LogP contribution in [-0.2, 0) is 4.74 Å². The lowest BCUT2D eigenvalue weighted by Gasteiger charge is -1.98. The zero-order valence-electron chi connectivity index (χ0n) is 4.26. The normalized spacial score (nSPS) is 8.25. The van der Waals surface area contributed by atoms with Crippen LogP contribution in [0.2, 0.25) is 0 Å². The molecule has 0 aromatic heterocycles. The highest BCUT2D eigenvalue weighted by atomic mass is 16.6. The van der Waals surface area contributed by atoms with Crippen molar-refractivity contribution in [1.29, 1.82) is 0 Å². The highest BCUT2D eigenvalue weighted by Crippen LogP contribution is 1.70. The number of hydrazine groups is 1. The second kappa shape index (κ2) is 4.35. The first kappa shape index (κ1) is 7.19. The predicted octanol–water partition coefficient (Wildman–Crippen LogP) is -1.42. The highest BCUT2D eigenvalue weighted by Gasteiger charge is 1.93. The van der Waals surface area contributed by atoms with E-state index in [1.807, 2.05) is 0 Å². The van der Waals surface area contributed by atoms with Crippen molar-refractivity contribution in [3.63, 3.8) is 0 Å². The zero-order chi connectivity index (χ0) is 6.41. The Bertz CT molecular complexity index is 74.9. The largest absolute Gasteiger partial charge is 0.446 e. The molecule has 0 radical (unpaired) electrons. The maximum Gasteiger partial charge on any atom is 0.421 e. The van der Waals surface area contributed by atoms with Crippen molar-refractivity contribution in [1.82, 2.24) is 5.43 Å². The molecule has 48 valence electrons. The number of hydrogen-bond donors (Lipinski definition) is 3. The lowest BCUT2D eigenvalue weighted by molar-refractivity contribution is 0.119. The third kappa shape index (κ3) is 3.38. The fourth-order valence-corrected chi connectivity index (χ4v) is 0.180.